The summed E-state index contributed by atoms with van der Waals surface area (Å²) < 4.78 is 18.4. The molecule has 0 aromatic heterocycles. The molecule has 2 N–H and O–H groups in total. The van der Waals surface area contributed by atoms with E-state index in [2.05, 4.69) is 0 Å². The zero-order valence-corrected chi connectivity index (χ0v) is 10.9. The van der Waals surface area contributed by atoms with Crippen LogP contribution in [0, 0.1) is 5.82 Å². The van der Waals surface area contributed by atoms with Crippen LogP contribution in [0.3, 0.4) is 0 Å². The van der Waals surface area contributed by atoms with E-state index >= 15 is 0 Å². The SMILES string of the molecule is CCN(Cc1ccc(OC)c(F)c1)C(=O)C(C)N. The molecule has 0 heterocycles. The van der Waals surface area contributed by atoms with Crippen LogP contribution >= 0.6 is 0 Å². The van der Waals surface area contributed by atoms with Gasteiger partial charge in [0.15, 0.2) is 11.6 Å². The van der Waals surface area contributed by atoms with Crippen LogP contribution in [0.2, 0.25) is 0 Å². The zero-order chi connectivity index (χ0) is 13.7. The Morgan fingerprint density at radius 3 is 2.67 bits per heavy atom. The largest absolute Gasteiger partial charge is 0.494 e. The smallest absolute Gasteiger partial charge is 0.239 e. The third kappa shape index (κ3) is 3.43. The predicted octanol–water partition coefficient (Wildman–Crippen LogP) is 1.53. The zero-order valence-electron chi connectivity index (χ0n) is 10.9. The van der Waals surface area contributed by atoms with Gasteiger partial charge in [-0.15, -0.1) is 0 Å². The minimum absolute atomic E-state index is 0.145. The summed E-state index contributed by atoms with van der Waals surface area (Å²) in [5, 5.41) is 0. The summed E-state index contributed by atoms with van der Waals surface area (Å²) in [5.41, 5.74) is 6.27. The van der Waals surface area contributed by atoms with E-state index in [-0.39, 0.29) is 11.7 Å². The van der Waals surface area contributed by atoms with Crippen molar-refractivity contribution in [2.75, 3.05) is 13.7 Å². The number of methoxy groups -OCH3 is 1. The Balaban J connectivity index is 2.82. The van der Waals surface area contributed by atoms with E-state index in [4.69, 9.17) is 10.5 Å². The predicted molar refractivity (Wildman–Crippen MR) is 67.7 cm³/mol. The van der Waals surface area contributed by atoms with Gasteiger partial charge in [0.1, 0.15) is 0 Å². The van der Waals surface area contributed by atoms with Gasteiger partial charge in [-0.3, -0.25) is 4.79 Å². The molecule has 1 aromatic carbocycles. The Kier molecular flexibility index (Phi) is 5.09. The summed E-state index contributed by atoms with van der Waals surface area (Å²) in [5.74, 6) is -0.381. The van der Waals surface area contributed by atoms with E-state index in [0.29, 0.717) is 18.7 Å². The highest BCUT2D eigenvalue weighted by Gasteiger charge is 2.16. The molecular weight excluding hydrogens is 235 g/mol. The fraction of sp³-hybridized carbons (Fsp3) is 0.462. The number of benzene rings is 1. The first-order valence-electron chi connectivity index (χ1n) is 5.86. The van der Waals surface area contributed by atoms with E-state index in [1.54, 1.807) is 24.0 Å². The van der Waals surface area contributed by atoms with Crippen molar-refractivity contribution in [3.8, 4) is 5.75 Å². The molecule has 0 aliphatic carbocycles. The monoisotopic (exact) mass is 254 g/mol. The van der Waals surface area contributed by atoms with Gasteiger partial charge in [-0.2, -0.15) is 0 Å². The average Bonchev–Trinajstić information content (AvgIpc) is 2.35. The second kappa shape index (κ2) is 6.35. The number of hydrogen-bond acceptors (Lipinski definition) is 3. The molecule has 0 aliphatic heterocycles. The van der Waals surface area contributed by atoms with Crippen molar-refractivity contribution >= 4 is 5.91 Å². The van der Waals surface area contributed by atoms with Crippen LogP contribution in [0.25, 0.3) is 0 Å². The molecule has 1 atom stereocenters. The molecule has 0 saturated carbocycles. The highest BCUT2D eigenvalue weighted by molar-refractivity contribution is 5.81. The summed E-state index contributed by atoms with van der Waals surface area (Å²) >= 11 is 0. The maximum Gasteiger partial charge on any atom is 0.239 e. The molecular formula is C13H19FN2O2. The van der Waals surface area contributed by atoms with Gasteiger partial charge in [-0.1, -0.05) is 6.07 Å². The number of carbonyl (C=O) groups excluding carboxylic acids is 1. The average molecular weight is 254 g/mol. The van der Waals surface area contributed by atoms with Gasteiger partial charge in [0.05, 0.1) is 13.2 Å². The lowest BCUT2D eigenvalue weighted by Crippen LogP contribution is -2.41. The van der Waals surface area contributed by atoms with Crippen LogP contribution in [0.5, 0.6) is 5.75 Å². The number of nitrogens with two attached hydrogens (primary N) is 1. The summed E-state index contributed by atoms with van der Waals surface area (Å²) in [6.07, 6.45) is 0. The fourth-order valence-electron chi connectivity index (χ4n) is 1.66. The normalized spacial score (nSPS) is 12.1. The van der Waals surface area contributed by atoms with Gasteiger partial charge >= 0.3 is 0 Å². The molecule has 0 radical (unpaired) electrons. The van der Waals surface area contributed by atoms with Crippen molar-refractivity contribution in [1.29, 1.82) is 0 Å². The lowest BCUT2D eigenvalue weighted by molar-refractivity contribution is -0.132. The number of rotatable bonds is 5. The highest BCUT2D eigenvalue weighted by atomic mass is 19.1. The van der Waals surface area contributed by atoms with E-state index in [1.165, 1.54) is 13.2 Å². The number of amides is 1. The van der Waals surface area contributed by atoms with Crippen molar-refractivity contribution in [1.82, 2.24) is 4.90 Å². The number of nitrogens with zero attached hydrogens (tertiary/aromatic N) is 1. The fourth-order valence-corrected chi connectivity index (χ4v) is 1.66. The number of hydrogen-bond donors (Lipinski definition) is 1. The number of ether oxygens (including phenoxy) is 1. The third-order valence-corrected chi connectivity index (χ3v) is 2.67. The molecule has 0 aliphatic rings. The first-order chi connectivity index (χ1) is 8.49. The summed E-state index contributed by atoms with van der Waals surface area (Å²) in [7, 11) is 1.41. The second-order valence-electron chi connectivity index (χ2n) is 4.11. The van der Waals surface area contributed by atoms with E-state index in [9.17, 15) is 9.18 Å². The highest BCUT2D eigenvalue weighted by Crippen LogP contribution is 2.18. The topological polar surface area (TPSA) is 55.6 Å². The van der Waals surface area contributed by atoms with Crippen LogP contribution < -0.4 is 10.5 Å². The Morgan fingerprint density at radius 1 is 1.56 bits per heavy atom. The van der Waals surface area contributed by atoms with Crippen molar-refractivity contribution in [2.24, 2.45) is 5.73 Å². The molecule has 100 valence electrons. The first kappa shape index (κ1) is 14.4. The first-order valence-corrected chi connectivity index (χ1v) is 5.86. The molecule has 0 saturated heterocycles. The lowest BCUT2D eigenvalue weighted by Gasteiger charge is -2.23. The van der Waals surface area contributed by atoms with Gasteiger partial charge in [-0.05, 0) is 31.5 Å². The standard InChI is InChI=1S/C13H19FN2O2/c1-4-16(13(17)9(2)15)8-10-5-6-12(18-3)11(14)7-10/h5-7,9H,4,8,15H2,1-3H3. The maximum atomic E-state index is 13.5. The maximum absolute atomic E-state index is 13.5. The number of carbonyl (C=O) groups is 1. The van der Waals surface area contributed by atoms with Crippen molar-refractivity contribution in [2.45, 2.75) is 26.4 Å². The molecule has 4 nitrogen and oxygen atoms in total. The van der Waals surface area contributed by atoms with Crippen LogP contribution in [0.4, 0.5) is 4.39 Å². The van der Waals surface area contributed by atoms with E-state index in [0.717, 1.165) is 0 Å². The molecule has 1 amide bonds. The Bertz CT molecular complexity index is 421. The van der Waals surface area contributed by atoms with Gasteiger partial charge in [0.2, 0.25) is 5.91 Å². The number of halogens is 1. The second-order valence-corrected chi connectivity index (χ2v) is 4.11. The van der Waals surface area contributed by atoms with Crippen molar-refractivity contribution in [3.63, 3.8) is 0 Å². The van der Waals surface area contributed by atoms with Gasteiger partial charge in [0, 0.05) is 13.1 Å². The molecule has 0 fully saturated rings. The quantitative estimate of drug-likeness (QED) is 0.867. The molecule has 0 spiro atoms. The van der Waals surface area contributed by atoms with Crippen LogP contribution in [-0.2, 0) is 11.3 Å². The molecule has 1 unspecified atom stereocenters. The van der Waals surface area contributed by atoms with Gasteiger partial charge < -0.3 is 15.4 Å². The van der Waals surface area contributed by atoms with Crippen molar-refractivity contribution in [3.05, 3.63) is 29.6 Å². The Hall–Kier alpha value is -1.62. The minimum atomic E-state index is -0.548. The Morgan fingerprint density at radius 2 is 2.22 bits per heavy atom. The molecule has 5 heteroatoms. The molecule has 1 aromatic rings. The summed E-state index contributed by atoms with van der Waals surface area (Å²) in [6.45, 7) is 4.38. The van der Waals surface area contributed by atoms with Crippen LogP contribution in [0.1, 0.15) is 19.4 Å². The lowest BCUT2D eigenvalue weighted by atomic mass is 10.2. The summed E-state index contributed by atoms with van der Waals surface area (Å²) in [6, 6.07) is 4.11. The van der Waals surface area contributed by atoms with Crippen LogP contribution in [-0.4, -0.2) is 30.5 Å². The van der Waals surface area contributed by atoms with Crippen LogP contribution in [0.15, 0.2) is 18.2 Å². The Labute approximate surface area is 107 Å². The molecule has 1 rings (SSSR count). The summed E-state index contributed by atoms with van der Waals surface area (Å²) in [4.78, 5) is 13.4. The van der Waals surface area contributed by atoms with E-state index < -0.39 is 11.9 Å². The van der Waals surface area contributed by atoms with Crippen molar-refractivity contribution < 1.29 is 13.9 Å². The molecule has 0 bridgehead atoms. The molecule has 18 heavy (non-hydrogen) atoms. The number of likely N-dealkylation sites (N-methyl/N-ethyl adjacent to an activating group) is 1. The van der Waals surface area contributed by atoms with Gasteiger partial charge in [-0.25, -0.2) is 4.39 Å². The third-order valence-electron chi connectivity index (χ3n) is 2.67. The minimum Gasteiger partial charge on any atom is -0.494 e. The van der Waals surface area contributed by atoms with Gasteiger partial charge in [0.25, 0.3) is 0 Å². The van der Waals surface area contributed by atoms with E-state index in [1.807, 2.05) is 6.92 Å².